The molecule has 0 atom stereocenters. The second kappa shape index (κ2) is 4.63. The Kier molecular flexibility index (Phi) is 2.93. The molecule has 0 radical (unpaired) electrons. The molecule has 0 spiro atoms. The van der Waals surface area contributed by atoms with E-state index in [9.17, 15) is 5.11 Å². The van der Waals surface area contributed by atoms with Crippen molar-refractivity contribution in [3.63, 3.8) is 0 Å². The molecule has 104 valence electrons. The normalized spacial score (nSPS) is 15.1. The smallest absolute Gasteiger partial charge is 0.246 e. The maximum absolute atomic E-state index is 9.43. The molecule has 1 aliphatic rings. The van der Waals surface area contributed by atoms with Crippen LogP contribution in [-0.4, -0.2) is 10.9 Å². The van der Waals surface area contributed by atoms with E-state index in [1.54, 1.807) is 12.1 Å². The Labute approximate surface area is 118 Å². The largest absolute Gasteiger partial charge is 0.508 e. The van der Waals surface area contributed by atoms with Gasteiger partial charge in [0.15, 0.2) is 11.5 Å². The molecule has 0 aromatic heterocycles. The summed E-state index contributed by atoms with van der Waals surface area (Å²) in [6.07, 6.45) is 0. The Morgan fingerprint density at radius 3 is 2.65 bits per heavy atom. The van der Waals surface area contributed by atoms with E-state index in [1.807, 2.05) is 44.2 Å². The lowest BCUT2D eigenvalue weighted by atomic mass is 10.2. The van der Waals surface area contributed by atoms with Crippen LogP contribution in [0.2, 0.25) is 0 Å². The third kappa shape index (κ3) is 2.64. The number of fused-ring (bicyclic) bond motifs is 1. The maximum atomic E-state index is 9.43. The summed E-state index contributed by atoms with van der Waals surface area (Å²) in [5, 5.41) is 12.7. The first kappa shape index (κ1) is 12.7. The summed E-state index contributed by atoms with van der Waals surface area (Å²) in [4.78, 5) is 0. The zero-order valence-electron chi connectivity index (χ0n) is 11.5. The van der Waals surface area contributed by atoms with Crippen molar-refractivity contribution in [2.45, 2.75) is 26.2 Å². The van der Waals surface area contributed by atoms with Crippen LogP contribution in [0.4, 0.5) is 5.69 Å². The Morgan fingerprint density at radius 2 is 1.85 bits per heavy atom. The number of phenols is 1. The van der Waals surface area contributed by atoms with Gasteiger partial charge in [-0.3, -0.25) is 0 Å². The van der Waals surface area contributed by atoms with Gasteiger partial charge in [0, 0.05) is 32.1 Å². The summed E-state index contributed by atoms with van der Waals surface area (Å²) in [6.45, 7) is 4.40. The lowest BCUT2D eigenvalue weighted by Gasteiger charge is -2.16. The molecule has 0 bridgehead atoms. The summed E-state index contributed by atoms with van der Waals surface area (Å²) < 4.78 is 11.3. The van der Waals surface area contributed by atoms with Gasteiger partial charge in [-0.25, -0.2) is 0 Å². The van der Waals surface area contributed by atoms with E-state index < -0.39 is 5.79 Å². The first-order valence-electron chi connectivity index (χ1n) is 6.56. The van der Waals surface area contributed by atoms with E-state index in [2.05, 4.69) is 5.32 Å². The Morgan fingerprint density at radius 1 is 1.05 bits per heavy atom. The van der Waals surface area contributed by atoms with E-state index in [1.165, 1.54) is 0 Å². The molecule has 4 nitrogen and oxygen atoms in total. The monoisotopic (exact) mass is 271 g/mol. The minimum atomic E-state index is -0.605. The Bertz CT molecular complexity index is 637. The lowest BCUT2D eigenvalue weighted by Crippen LogP contribution is -2.29. The molecule has 0 amide bonds. The van der Waals surface area contributed by atoms with Gasteiger partial charge in [-0.2, -0.15) is 0 Å². The summed E-state index contributed by atoms with van der Waals surface area (Å²) in [5.74, 6) is 1.18. The van der Waals surface area contributed by atoms with Gasteiger partial charge in [0.25, 0.3) is 0 Å². The standard InChI is InChI=1S/C16H17NO3/c1-16(2)19-14-7-6-12(9-15(14)20-16)17-10-11-4-3-5-13(18)8-11/h3-9,17-18H,10H2,1-2H3. The van der Waals surface area contributed by atoms with Crippen LogP contribution in [0.1, 0.15) is 19.4 Å². The molecule has 0 unspecified atom stereocenters. The van der Waals surface area contributed by atoms with Crippen molar-refractivity contribution in [2.24, 2.45) is 0 Å². The van der Waals surface area contributed by atoms with Crippen LogP contribution >= 0.6 is 0 Å². The van der Waals surface area contributed by atoms with Crippen LogP contribution in [0.3, 0.4) is 0 Å². The number of hydrogen-bond acceptors (Lipinski definition) is 4. The van der Waals surface area contributed by atoms with Crippen LogP contribution in [0, 0.1) is 0 Å². The number of phenolic OH excluding ortho intramolecular Hbond substituents is 1. The van der Waals surface area contributed by atoms with Gasteiger partial charge in [-0.05, 0) is 29.8 Å². The van der Waals surface area contributed by atoms with Crippen molar-refractivity contribution >= 4 is 5.69 Å². The molecule has 2 N–H and O–H groups in total. The van der Waals surface area contributed by atoms with Crippen molar-refractivity contribution in [1.82, 2.24) is 0 Å². The quantitative estimate of drug-likeness (QED) is 0.897. The maximum Gasteiger partial charge on any atom is 0.246 e. The van der Waals surface area contributed by atoms with Crippen molar-refractivity contribution < 1.29 is 14.6 Å². The van der Waals surface area contributed by atoms with E-state index >= 15 is 0 Å². The summed E-state index contributed by atoms with van der Waals surface area (Å²) in [7, 11) is 0. The van der Waals surface area contributed by atoms with Gasteiger partial charge in [-0.15, -0.1) is 0 Å². The SMILES string of the molecule is CC1(C)Oc2ccc(NCc3cccc(O)c3)cc2O1. The molecule has 0 aliphatic carbocycles. The molecular weight excluding hydrogens is 254 g/mol. The number of benzene rings is 2. The van der Waals surface area contributed by atoms with Crippen molar-refractivity contribution in [2.75, 3.05) is 5.32 Å². The zero-order valence-corrected chi connectivity index (χ0v) is 11.5. The van der Waals surface area contributed by atoms with Crippen molar-refractivity contribution in [3.05, 3.63) is 48.0 Å². The average molecular weight is 271 g/mol. The second-order valence-corrected chi connectivity index (χ2v) is 5.29. The highest BCUT2D eigenvalue weighted by atomic mass is 16.7. The van der Waals surface area contributed by atoms with Crippen LogP contribution in [0.5, 0.6) is 17.2 Å². The topological polar surface area (TPSA) is 50.7 Å². The minimum Gasteiger partial charge on any atom is -0.508 e. The molecule has 20 heavy (non-hydrogen) atoms. The second-order valence-electron chi connectivity index (χ2n) is 5.29. The van der Waals surface area contributed by atoms with Crippen LogP contribution in [0.25, 0.3) is 0 Å². The average Bonchev–Trinajstić information content (AvgIpc) is 2.69. The van der Waals surface area contributed by atoms with Gasteiger partial charge in [0.1, 0.15) is 5.75 Å². The van der Waals surface area contributed by atoms with E-state index in [0.29, 0.717) is 6.54 Å². The fourth-order valence-electron chi connectivity index (χ4n) is 2.20. The number of ether oxygens (including phenoxy) is 2. The number of anilines is 1. The first-order valence-corrected chi connectivity index (χ1v) is 6.56. The summed E-state index contributed by atoms with van der Waals surface area (Å²) in [5.41, 5.74) is 1.97. The van der Waals surface area contributed by atoms with Crippen LogP contribution in [0.15, 0.2) is 42.5 Å². The van der Waals surface area contributed by atoms with Crippen LogP contribution < -0.4 is 14.8 Å². The Hall–Kier alpha value is -2.36. The third-order valence-corrected chi connectivity index (χ3v) is 3.06. The fraction of sp³-hybridized carbons (Fsp3) is 0.250. The number of nitrogens with one attached hydrogen (secondary N) is 1. The van der Waals surface area contributed by atoms with Gasteiger partial charge in [0.2, 0.25) is 5.79 Å². The molecular formula is C16H17NO3. The van der Waals surface area contributed by atoms with E-state index in [-0.39, 0.29) is 5.75 Å². The molecule has 0 saturated carbocycles. The van der Waals surface area contributed by atoms with Gasteiger partial charge < -0.3 is 19.9 Å². The molecule has 1 heterocycles. The van der Waals surface area contributed by atoms with Gasteiger partial charge in [0.05, 0.1) is 0 Å². The summed E-state index contributed by atoms with van der Waals surface area (Å²) >= 11 is 0. The third-order valence-electron chi connectivity index (χ3n) is 3.06. The molecule has 4 heteroatoms. The highest BCUT2D eigenvalue weighted by Crippen LogP contribution is 2.40. The molecule has 2 aromatic rings. The lowest BCUT2D eigenvalue weighted by molar-refractivity contribution is -0.0431. The molecule has 2 aromatic carbocycles. The summed E-state index contributed by atoms with van der Waals surface area (Å²) in [6, 6.07) is 13.0. The van der Waals surface area contributed by atoms with Crippen LogP contribution in [-0.2, 0) is 6.54 Å². The molecule has 3 rings (SSSR count). The predicted molar refractivity (Wildman–Crippen MR) is 77.2 cm³/mol. The first-order chi connectivity index (χ1) is 9.52. The molecule has 0 fully saturated rings. The van der Waals surface area contributed by atoms with Crippen molar-refractivity contribution in [3.8, 4) is 17.2 Å². The highest BCUT2D eigenvalue weighted by Gasteiger charge is 2.31. The number of hydrogen-bond donors (Lipinski definition) is 2. The van der Waals surface area contributed by atoms with E-state index in [4.69, 9.17) is 9.47 Å². The van der Waals surface area contributed by atoms with Gasteiger partial charge >= 0.3 is 0 Å². The number of aromatic hydroxyl groups is 1. The van der Waals surface area contributed by atoms with E-state index in [0.717, 1.165) is 22.7 Å². The van der Waals surface area contributed by atoms with Gasteiger partial charge in [-0.1, -0.05) is 12.1 Å². The molecule has 1 aliphatic heterocycles. The van der Waals surface area contributed by atoms with Crippen molar-refractivity contribution in [1.29, 1.82) is 0 Å². The number of rotatable bonds is 3. The highest BCUT2D eigenvalue weighted by molar-refractivity contribution is 5.56. The minimum absolute atomic E-state index is 0.275. The zero-order chi connectivity index (χ0) is 14.2. The fourth-order valence-corrected chi connectivity index (χ4v) is 2.20. The molecule has 0 saturated heterocycles. The Balaban J connectivity index is 1.71. The predicted octanol–water partition coefficient (Wildman–Crippen LogP) is 3.51.